The Balaban J connectivity index is 1.73. The normalized spacial score (nSPS) is 15.6. The molecule has 3 heterocycles. The molecule has 1 saturated heterocycles. The average Bonchev–Trinajstić information content (AvgIpc) is 2.65. The van der Waals surface area contributed by atoms with Crippen molar-refractivity contribution in [2.45, 2.75) is 32.8 Å². The van der Waals surface area contributed by atoms with Crippen LogP contribution in [0.5, 0.6) is 0 Å². The van der Waals surface area contributed by atoms with Gasteiger partial charge in [0.25, 0.3) is 0 Å². The number of hydrogen-bond acceptors (Lipinski definition) is 6. The Hall–Kier alpha value is -2.05. The third kappa shape index (κ3) is 4.32. The van der Waals surface area contributed by atoms with E-state index in [1.807, 2.05) is 25.3 Å². The first-order valence-corrected chi connectivity index (χ1v) is 8.80. The summed E-state index contributed by atoms with van der Waals surface area (Å²) in [4.78, 5) is 16.0. The van der Waals surface area contributed by atoms with Gasteiger partial charge in [0.1, 0.15) is 5.82 Å². The van der Waals surface area contributed by atoms with E-state index in [4.69, 9.17) is 14.5 Å². The van der Waals surface area contributed by atoms with Crippen molar-refractivity contribution in [1.29, 1.82) is 0 Å². The van der Waals surface area contributed by atoms with E-state index in [1.54, 1.807) is 13.3 Å². The van der Waals surface area contributed by atoms with E-state index < -0.39 is 0 Å². The van der Waals surface area contributed by atoms with Crippen molar-refractivity contribution in [2.24, 2.45) is 0 Å². The van der Waals surface area contributed by atoms with Gasteiger partial charge >= 0.3 is 0 Å². The fourth-order valence-corrected chi connectivity index (χ4v) is 3.08. The van der Waals surface area contributed by atoms with Gasteiger partial charge in [-0.05, 0) is 38.8 Å². The minimum atomic E-state index is 0.312. The Kier molecular flexibility index (Phi) is 5.94. The Bertz CT molecular complexity index is 685. The number of ether oxygens (including phenoxy) is 2. The molecule has 0 bridgehead atoms. The quantitative estimate of drug-likeness (QED) is 0.752. The van der Waals surface area contributed by atoms with Gasteiger partial charge in [-0.15, -0.1) is 0 Å². The van der Waals surface area contributed by atoms with Crippen LogP contribution in [0.1, 0.15) is 24.1 Å². The highest BCUT2D eigenvalue weighted by molar-refractivity contribution is 5.59. The van der Waals surface area contributed by atoms with Gasteiger partial charge in [0.2, 0.25) is 0 Å². The van der Waals surface area contributed by atoms with Crippen LogP contribution in [0.3, 0.4) is 0 Å². The number of methoxy groups -OCH3 is 1. The molecule has 1 fully saturated rings. The van der Waals surface area contributed by atoms with Gasteiger partial charge in [-0.3, -0.25) is 4.98 Å². The fraction of sp³-hybridized carbons (Fsp3) is 0.526. The highest BCUT2D eigenvalue weighted by atomic mass is 16.5. The number of aromatic nitrogens is 3. The molecule has 6 heteroatoms. The van der Waals surface area contributed by atoms with Gasteiger partial charge in [0, 0.05) is 49.4 Å². The number of rotatable bonds is 6. The van der Waals surface area contributed by atoms with Crippen LogP contribution in [0, 0.1) is 13.8 Å². The Morgan fingerprint density at radius 3 is 2.64 bits per heavy atom. The lowest BCUT2D eigenvalue weighted by molar-refractivity contribution is 0.00603. The first-order valence-electron chi connectivity index (χ1n) is 8.80. The summed E-state index contributed by atoms with van der Waals surface area (Å²) in [5.41, 5.74) is 3.11. The molecule has 0 saturated carbocycles. The van der Waals surface area contributed by atoms with E-state index in [1.165, 1.54) is 0 Å². The maximum absolute atomic E-state index is 5.86. The molecule has 0 aliphatic carbocycles. The summed E-state index contributed by atoms with van der Waals surface area (Å²) in [6.07, 6.45) is 5.90. The molecule has 0 N–H and O–H groups in total. The Morgan fingerprint density at radius 2 is 1.96 bits per heavy atom. The molecule has 3 rings (SSSR count). The van der Waals surface area contributed by atoms with Crippen molar-refractivity contribution in [3.05, 3.63) is 35.8 Å². The summed E-state index contributed by atoms with van der Waals surface area (Å²) < 4.78 is 10.9. The molecule has 0 unspecified atom stereocenters. The highest BCUT2D eigenvalue weighted by Gasteiger charge is 2.23. The molecule has 2 aromatic rings. The van der Waals surface area contributed by atoms with Gasteiger partial charge < -0.3 is 14.4 Å². The van der Waals surface area contributed by atoms with Crippen LogP contribution in [-0.2, 0) is 9.47 Å². The molecule has 0 amide bonds. The second-order valence-corrected chi connectivity index (χ2v) is 6.37. The van der Waals surface area contributed by atoms with Crippen LogP contribution in [-0.4, -0.2) is 54.5 Å². The van der Waals surface area contributed by atoms with Crippen LogP contribution >= 0.6 is 0 Å². The number of anilines is 1. The summed E-state index contributed by atoms with van der Waals surface area (Å²) in [7, 11) is 1.70. The van der Waals surface area contributed by atoms with Crippen LogP contribution in [0.4, 0.5) is 5.82 Å². The van der Waals surface area contributed by atoms with Gasteiger partial charge in [-0.25, -0.2) is 9.97 Å². The average molecular weight is 342 g/mol. The van der Waals surface area contributed by atoms with E-state index in [-0.39, 0.29) is 0 Å². The minimum Gasteiger partial charge on any atom is -0.382 e. The molecule has 0 atom stereocenters. The number of nitrogens with zero attached hydrogens (tertiary/aromatic N) is 4. The summed E-state index contributed by atoms with van der Waals surface area (Å²) in [5.74, 6) is 1.77. The van der Waals surface area contributed by atoms with Crippen LogP contribution in [0.2, 0.25) is 0 Å². The van der Waals surface area contributed by atoms with Crippen molar-refractivity contribution < 1.29 is 9.47 Å². The lowest BCUT2D eigenvalue weighted by Crippen LogP contribution is -2.38. The monoisotopic (exact) mass is 342 g/mol. The molecule has 1 aliphatic heterocycles. The largest absolute Gasteiger partial charge is 0.382 e. The molecule has 1 aliphatic rings. The molecular formula is C19H26N4O2. The van der Waals surface area contributed by atoms with Crippen LogP contribution < -0.4 is 4.90 Å². The first kappa shape index (κ1) is 17.8. The number of aryl methyl sites for hydroxylation is 1. The smallest absolute Gasteiger partial charge is 0.163 e. The Morgan fingerprint density at radius 1 is 1.16 bits per heavy atom. The van der Waals surface area contributed by atoms with Gasteiger partial charge in [0.05, 0.1) is 19.3 Å². The Labute approximate surface area is 149 Å². The first-order chi connectivity index (χ1) is 12.2. The number of piperidine rings is 1. The van der Waals surface area contributed by atoms with Crippen molar-refractivity contribution in [3.8, 4) is 11.4 Å². The summed E-state index contributed by atoms with van der Waals surface area (Å²) in [5, 5.41) is 0. The van der Waals surface area contributed by atoms with Crippen molar-refractivity contribution >= 4 is 5.82 Å². The second-order valence-electron chi connectivity index (χ2n) is 6.37. The van der Waals surface area contributed by atoms with Crippen LogP contribution in [0.25, 0.3) is 11.4 Å². The predicted molar refractivity (Wildman–Crippen MR) is 97.8 cm³/mol. The zero-order valence-corrected chi connectivity index (χ0v) is 15.2. The molecule has 134 valence electrons. The molecule has 6 nitrogen and oxygen atoms in total. The highest BCUT2D eigenvalue weighted by Crippen LogP contribution is 2.27. The third-order valence-electron chi connectivity index (χ3n) is 4.67. The molecule has 0 aromatic carbocycles. The van der Waals surface area contributed by atoms with E-state index in [0.717, 1.165) is 54.4 Å². The maximum Gasteiger partial charge on any atom is 0.163 e. The second kappa shape index (κ2) is 8.36. The SMILES string of the molecule is COCCOC1CCN(c2nc(-c3cccnc3)nc(C)c2C)CC1. The van der Waals surface area contributed by atoms with E-state index in [0.29, 0.717) is 19.3 Å². The minimum absolute atomic E-state index is 0.312. The van der Waals surface area contributed by atoms with Gasteiger partial charge in [0.15, 0.2) is 5.82 Å². The topological polar surface area (TPSA) is 60.4 Å². The zero-order valence-electron chi connectivity index (χ0n) is 15.2. The lowest BCUT2D eigenvalue weighted by Gasteiger charge is -2.33. The maximum atomic E-state index is 5.86. The standard InChI is InChI=1S/C19H26N4O2/c1-14-15(2)21-18(16-5-4-8-20-13-16)22-19(14)23-9-6-17(7-10-23)25-12-11-24-3/h4-5,8,13,17H,6-7,9-12H2,1-3H3. The predicted octanol–water partition coefficient (Wildman–Crippen LogP) is 2.79. The number of pyridine rings is 1. The third-order valence-corrected chi connectivity index (χ3v) is 4.67. The fourth-order valence-electron chi connectivity index (χ4n) is 3.08. The molecule has 0 spiro atoms. The molecule has 25 heavy (non-hydrogen) atoms. The molecule has 2 aromatic heterocycles. The summed E-state index contributed by atoms with van der Waals surface area (Å²) in [6, 6.07) is 3.91. The van der Waals surface area contributed by atoms with Gasteiger partial charge in [-0.2, -0.15) is 0 Å². The van der Waals surface area contributed by atoms with E-state index in [9.17, 15) is 0 Å². The van der Waals surface area contributed by atoms with Crippen molar-refractivity contribution in [2.75, 3.05) is 38.3 Å². The van der Waals surface area contributed by atoms with Crippen molar-refractivity contribution in [1.82, 2.24) is 15.0 Å². The van der Waals surface area contributed by atoms with E-state index in [2.05, 4.69) is 21.8 Å². The molecule has 0 radical (unpaired) electrons. The molecular weight excluding hydrogens is 316 g/mol. The zero-order chi connectivity index (χ0) is 17.6. The number of hydrogen-bond donors (Lipinski definition) is 0. The lowest BCUT2D eigenvalue weighted by atomic mass is 10.1. The van der Waals surface area contributed by atoms with Gasteiger partial charge in [-0.1, -0.05) is 0 Å². The van der Waals surface area contributed by atoms with Crippen molar-refractivity contribution in [3.63, 3.8) is 0 Å². The summed E-state index contributed by atoms with van der Waals surface area (Å²) >= 11 is 0. The van der Waals surface area contributed by atoms with Crippen LogP contribution in [0.15, 0.2) is 24.5 Å². The summed E-state index contributed by atoms with van der Waals surface area (Å²) in [6.45, 7) is 7.35. The van der Waals surface area contributed by atoms with E-state index >= 15 is 0 Å².